The van der Waals surface area contributed by atoms with Crippen molar-refractivity contribution >= 4 is 0 Å². The van der Waals surface area contributed by atoms with Crippen LogP contribution in [0, 0.1) is 0 Å². The molecule has 0 bridgehead atoms. The van der Waals surface area contributed by atoms with E-state index in [1.165, 1.54) is 12.0 Å². The van der Waals surface area contributed by atoms with Gasteiger partial charge in [0.2, 0.25) is 0 Å². The summed E-state index contributed by atoms with van der Waals surface area (Å²) in [6, 6.07) is 9.04. The molecule has 0 radical (unpaired) electrons. The van der Waals surface area contributed by atoms with E-state index >= 15 is 0 Å². The maximum absolute atomic E-state index is 5.95. The molecule has 0 atom stereocenters. The van der Waals surface area contributed by atoms with Gasteiger partial charge in [0, 0.05) is 13.2 Å². The van der Waals surface area contributed by atoms with Crippen LogP contribution in [0.4, 0.5) is 0 Å². The van der Waals surface area contributed by atoms with Crippen LogP contribution in [0.15, 0.2) is 24.3 Å². The summed E-state index contributed by atoms with van der Waals surface area (Å²) in [6.45, 7) is 4.09. The fourth-order valence-electron chi connectivity index (χ4n) is 2.32. The monoisotopic (exact) mass is 263 g/mol. The number of benzene rings is 1. The molecule has 3 heteroatoms. The standard InChI is InChI=1S/C16H25NO2/c1-3-9-17-14-11-16(12-14)19-15-6-4-13(5-7-15)8-10-18-2/h4-7,14,16-17H,3,8-12H2,1-2H3. The molecule has 0 aliphatic heterocycles. The van der Waals surface area contributed by atoms with Gasteiger partial charge in [-0.3, -0.25) is 0 Å². The molecule has 1 saturated carbocycles. The number of hydrogen-bond donors (Lipinski definition) is 1. The van der Waals surface area contributed by atoms with Crippen molar-refractivity contribution in [1.29, 1.82) is 0 Å². The van der Waals surface area contributed by atoms with Crippen LogP contribution in [0.25, 0.3) is 0 Å². The summed E-state index contributed by atoms with van der Waals surface area (Å²) in [5.41, 5.74) is 1.30. The first kappa shape index (κ1) is 14.4. The van der Waals surface area contributed by atoms with Crippen molar-refractivity contribution in [2.75, 3.05) is 20.3 Å². The fraction of sp³-hybridized carbons (Fsp3) is 0.625. The van der Waals surface area contributed by atoms with Gasteiger partial charge in [0.05, 0.1) is 6.61 Å². The Kier molecular flexibility index (Phi) is 5.67. The van der Waals surface area contributed by atoms with Gasteiger partial charge in [-0.1, -0.05) is 19.1 Å². The molecule has 19 heavy (non-hydrogen) atoms. The van der Waals surface area contributed by atoms with Gasteiger partial charge in [-0.05, 0) is 49.9 Å². The third-order valence-electron chi connectivity index (χ3n) is 3.60. The van der Waals surface area contributed by atoms with Crippen molar-refractivity contribution in [2.24, 2.45) is 0 Å². The number of ether oxygens (including phenoxy) is 2. The van der Waals surface area contributed by atoms with Gasteiger partial charge in [0.15, 0.2) is 0 Å². The Labute approximate surface area is 116 Å². The second-order valence-electron chi connectivity index (χ2n) is 5.25. The Balaban J connectivity index is 1.69. The molecule has 0 saturated heterocycles. The van der Waals surface area contributed by atoms with Gasteiger partial charge in [0.25, 0.3) is 0 Å². The molecular weight excluding hydrogens is 238 g/mol. The second-order valence-corrected chi connectivity index (χ2v) is 5.25. The highest BCUT2D eigenvalue weighted by Gasteiger charge is 2.29. The zero-order valence-corrected chi connectivity index (χ0v) is 12.0. The smallest absolute Gasteiger partial charge is 0.119 e. The van der Waals surface area contributed by atoms with E-state index in [0.717, 1.165) is 38.2 Å². The number of nitrogens with one attached hydrogen (secondary N) is 1. The Bertz CT molecular complexity index is 358. The van der Waals surface area contributed by atoms with E-state index in [0.29, 0.717) is 12.1 Å². The van der Waals surface area contributed by atoms with Gasteiger partial charge in [0.1, 0.15) is 11.9 Å². The van der Waals surface area contributed by atoms with E-state index in [2.05, 4.69) is 36.5 Å². The van der Waals surface area contributed by atoms with E-state index in [4.69, 9.17) is 9.47 Å². The molecule has 1 aliphatic carbocycles. The van der Waals surface area contributed by atoms with Gasteiger partial charge in [-0.2, -0.15) is 0 Å². The molecular formula is C16H25NO2. The zero-order valence-electron chi connectivity index (χ0n) is 12.0. The predicted molar refractivity (Wildman–Crippen MR) is 77.8 cm³/mol. The highest BCUT2D eigenvalue weighted by molar-refractivity contribution is 5.27. The average Bonchev–Trinajstić information content (AvgIpc) is 2.40. The number of methoxy groups -OCH3 is 1. The third kappa shape index (κ3) is 4.51. The lowest BCUT2D eigenvalue weighted by atomic mass is 9.89. The minimum Gasteiger partial charge on any atom is -0.490 e. The number of hydrogen-bond acceptors (Lipinski definition) is 3. The molecule has 1 N–H and O–H groups in total. The lowest BCUT2D eigenvalue weighted by molar-refractivity contribution is 0.0852. The molecule has 1 fully saturated rings. The van der Waals surface area contributed by atoms with Crippen molar-refractivity contribution in [1.82, 2.24) is 5.32 Å². The summed E-state index contributed by atoms with van der Waals surface area (Å²) in [5.74, 6) is 0.986. The van der Waals surface area contributed by atoms with Gasteiger partial charge in [-0.15, -0.1) is 0 Å². The summed E-state index contributed by atoms with van der Waals surface area (Å²) in [5, 5.41) is 3.52. The van der Waals surface area contributed by atoms with Crippen molar-refractivity contribution in [3.8, 4) is 5.75 Å². The third-order valence-corrected chi connectivity index (χ3v) is 3.60. The molecule has 1 aliphatic rings. The molecule has 0 amide bonds. The lowest BCUT2D eigenvalue weighted by Crippen LogP contribution is -2.46. The maximum atomic E-state index is 5.95. The quantitative estimate of drug-likeness (QED) is 0.782. The second kappa shape index (κ2) is 7.51. The van der Waals surface area contributed by atoms with Crippen LogP contribution in [0.5, 0.6) is 5.75 Å². The summed E-state index contributed by atoms with van der Waals surface area (Å²) in [4.78, 5) is 0. The molecule has 1 aromatic carbocycles. The van der Waals surface area contributed by atoms with Crippen LogP contribution >= 0.6 is 0 Å². The van der Waals surface area contributed by atoms with Crippen molar-refractivity contribution in [3.05, 3.63) is 29.8 Å². The first-order valence-electron chi connectivity index (χ1n) is 7.29. The molecule has 0 unspecified atom stereocenters. The molecule has 0 aromatic heterocycles. The van der Waals surface area contributed by atoms with Gasteiger partial charge in [-0.25, -0.2) is 0 Å². The molecule has 0 spiro atoms. The van der Waals surface area contributed by atoms with Crippen LogP contribution in [0.1, 0.15) is 31.7 Å². The van der Waals surface area contributed by atoms with E-state index in [1.54, 1.807) is 7.11 Å². The minimum absolute atomic E-state index is 0.388. The highest BCUT2D eigenvalue weighted by atomic mass is 16.5. The normalized spacial score (nSPS) is 22.0. The molecule has 2 rings (SSSR count). The van der Waals surface area contributed by atoms with Crippen LogP contribution in [0.3, 0.4) is 0 Å². The Morgan fingerprint density at radius 3 is 2.58 bits per heavy atom. The topological polar surface area (TPSA) is 30.5 Å². The highest BCUT2D eigenvalue weighted by Crippen LogP contribution is 2.26. The van der Waals surface area contributed by atoms with Crippen molar-refractivity contribution < 1.29 is 9.47 Å². The fourth-order valence-corrected chi connectivity index (χ4v) is 2.32. The van der Waals surface area contributed by atoms with E-state index < -0.39 is 0 Å². The Morgan fingerprint density at radius 1 is 1.21 bits per heavy atom. The Hall–Kier alpha value is -1.06. The van der Waals surface area contributed by atoms with E-state index in [-0.39, 0.29) is 0 Å². The van der Waals surface area contributed by atoms with Crippen LogP contribution in [-0.2, 0) is 11.2 Å². The minimum atomic E-state index is 0.388. The summed E-state index contributed by atoms with van der Waals surface area (Å²) >= 11 is 0. The largest absolute Gasteiger partial charge is 0.490 e. The Morgan fingerprint density at radius 2 is 1.95 bits per heavy atom. The SMILES string of the molecule is CCCNC1CC(Oc2ccc(CCOC)cc2)C1. The van der Waals surface area contributed by atoms with Gasteiger partial charge >= 0.3 is 0 Å². The first-order valence-corrected chi connectivity index (χ1v) is 7.29. The summed E-state index contributed by atoms with van der Waals surface area (Å²) in [6.07, 6.45) is 4.81. The zero-order chi connectivity index (χ0) is 13.5. The van der Waals surface area contributed by atoms with Crippen molar-refractivity contribution in [3.63, 3.8) is 0 Å². The predicted octanol–water partition coefficient (Wildman–Crippen LogP) is 2.78. The summed E-state index contributed by atoms with van der Waals surface area (Å²) < 4.78 is 11.0. The van der Waals surface area contributed by atoms with Crippen molar-refractivity contribution in [2.45, 2.75) is 44.8 Å². The molecule has 1 aromatic rings. The first-order chi connectivity index (χ1) is 9.31. The van der Waals surface area contributed by atoms with E-state index in [9.17, 15) is 0 Å². The van der Waals surface area contributed by atoms with Crippen LogP contribution in [-0.4, -0.2) is 32.4 Å². The molecule has 106 valence electrons. The number of rotatable bonds is 8. The molecule has 0 heterocycles. The van der Waals surface area contributed by atoms with Crippen LogP contribution in [0.2, 0.25) is 0 Å². The maximum Gasteiger partial charge on any atom is 0.119 e. The van der Waals surface area contributed by atoms with Crippen LogP contribution < -0.4 is 10.1 Å². The van der Waals surface area contributed by atoms with Gasteiger partial charge < -0.3 is 14.8 Å². The summed E-state index contributed by atoms with van der Waals surface area (Å²) in [7, 11) is 1.73. The van der Waals surface area contributed by atoms with E-state index in [1.807, 2.05) is 0 Å². The molecule has 3 nitrogen and oxygen atoms in total. The average molecular weight is 263 g/mol. The lowest BCUT2D eigenvalue weighted by Gasteiger charge is -2.36.